The Morgan fingerprint density at radius 3 is 3.00 bits per heavy atom. The van der Waals surface area contributed by atoms with E-state index in [1.807, 2.05) is 6.92 Å². The van der Waals surface area contributed by atoms with E-state index in [0.717, 1.165) is 0 Å². The van der Waals surface area contributed by atoms with E-state index in [9.17, 15) is 9.59 Å². The van der Waals surface area contributed by atoms with E-state index < -0.39 is 5.97 Å². The molecule has 0 spiro atoms. The molecule has 0 aromatic rings. The predicted molar refractivity (Wildman–Crippen MR) is 44.2 cm³/mol. The number of morpholine rings is 1. The first-order valence-electron chi connectivity index (χ1n) is 4.20. The zero-order chi connectivity index (χ0) is 9.84. The minimum absolute atomic E-state index is 0.00389. The number of carbonyl (C=O) groups excluding carboxylic acids is 1. The second-order valence-corrected chi connectivity index (χ2v) is 3.10. The van der Waals surface area contributed by atoms with Gasteiger partial charge in [-0.2, -0.15) is 0 Å². The lowest BCUT2D eigenvalue weighted by Gasteiger charge is -2.32. The highest BCUT2D eigenvalue weighted by atomic mass is 16.5. The summed E-state index contributed by atoms with van der Waals surface area (Å²) in [6.07, 6.45) is -0.00389. The molecule has 1 unspecified atom stereocenters. The van der Waals surface area contributed by atoms with Crippen LogP contribution in [0.1, 0.15) is 13.3 Å². The van der Waals surface area contributed by atoms with Gasteiger partial charge in [-0.1, -0.05) is 0 Å². The second kappa shape index (κ2) is 4.23. The topological polar surface area (TPSA) is 66.8 Å². The minimum atomic E-state index is -0.883. The summed E-state index contributed by atoms with van der Waals surface area (Å²) in [4.78, 5) is 23.1. The molecule has 5 heteroatoms. The van der Waals surface area contributed by atoms with Gasteiger partial charge in [0.25, 0.3) is 0 Å². The maximum Gasteiger partial charge on any atom is 0.305 e. The molecule has 1 aliphatic heterocycles. The van der Waals surface area contributed by atoms with Crippen molar-refractivity contribution in [3.8, 4) is 0 Å². The Labute approximate surface area is 76.3 Å². The molecule has 1 atom stereocenters. The summed E-state index contributed by atoms with van der Waals surface area (Å²) < 4.78 is 4.99. The number of nitrogens with zero attached hydrogens (tertiary/aromatic N) is 1. The number of aliphatic carboxylic acids is 1. The van der Waals surface area contributed by atoms with Gasteiger partial charge < -0.3 is 14.7 Å². The number of carboxylic acids is 1. The molecular weight excluding hydrogens is 174 g/mol. The Morgan fingerprint density at radius 1 is 1.77 bits per heavy atom. The molecule has 5 nitrogen and oxygen atoms in total. The summed E-state index contributed by atoms with van der Waals surface area (Å²) in [6.45, 7) is 2.69. The van der Waals surface area contributed by atoms with E-state index in [-0.39, 0.29) is 31.5 Å². The molecule has 0 saturated carbocycles. The SMILES string of the molecule is CC1COCC(=O)N1CCC(=O)O. The van der Waals surface area contributed by atoms with Crippen molar-refractivity contribution in [2.75, 3.05) is 19.8 Å². The Hall–Kier alpha value is -1.10. The van der Waals surface area contributed by atoms with Crippen molar-refractivity contribution in [2.24, 2.45) is 0 Å². The Bertz CT molecular complexity index is 216. The average molecular weight is 187 g/mol. The van der Waals surface area contributed by atoms with Crippen molar-refractivity contribution < 1.29 is 19.4 Å². The molecule has 0 aromatic carbocycles. The van der Waals surface area contributed by atoms with Crippen molar-refractivity contribution >= 4 is 11.9 Å². The molecule has 1 amide bonds. The molecule has 1 saturated heterocycles. The molecule has 1 aliphatic rings. The zero-order valence-electron chi connectivity index (χ0n) is 7.52. The van der Waals surface area contributed by atoms with Gasteiger partial charge in [-0.05, 0) is 6.92 Å². The standard InChI is InChI=1S/C8H13NO4/c1-6-4-13-5-7(10)9(6)3-2-8(11)12/h6H,2-5H2,1H3,(H,11,12). The van der Waals surface area contributed by atoms with Crippen LogP contribution in [-0.4, -0.2) is 47.7 Å². The van der Waals surface area contributed by atoms with Gasteiger partial charge in [0.2, 0.25) is 5.91 Å². The first kappa shape index (κ1) is 9.98. The van der Waals surface area contributed by atoms with Gasteiger partial charge in [0.15, 0.2) is 0 Å². The van der Waals surface area contributed by atoms with Gasteiger partial charge in [0.05, 0.1) is 19.1 Å². The molecule has 0 bridgehead atoms. The molecule has 0 radical (unpaired) electrons. The lowest BCUT2D eigenvalue weighted by Crippen LogP contribution is -2.48. The largest absolute Gasteiger partial charge is 0.481 e. The number of rotatable bonds is 3. The third kappa shape index (κ3) is 2.69. The minimum Gasteiger partial charge on any atom is -0.481 e. The fourth-order valence-electron chi connectivity index (χ4n) is 1.30. The van der Waals surface area contributed by atoms with Crippen LogP contribution in [0.4, 0.5) is 0 Å². The van der Waals surface area contributed by atoms with Gasteiger partial charge in [0, 0.05) is 6.54 Å². The second-order valence-electron chi connectivity index (χ2n) is 3.10. The number of hydrogen-bond donors (Lipinski definition) is 1. The third-order valence-corrected chi connectivity index (χ3v) is 2.00. The van der Waals surface area contributed by atoms with E-state index in [1.165, 1.54) is 0 Å². The van der Waals surface area contributed by atoms with Crippen LogP contribution in [0.3, 0.4) is 0 Å². The smallest absolute Gasteiger partial charge is 0.305 e. The highest BCUT2D eigenvalue weighted by Crippen LogP contribution is 2.07. The van der Waals surface area contributed by atoms with Crippen LogP contribution in [0.25, 0.3) is 0 Å². The molecular formula is C8H13NO4. The summed E-state index contributed by atoms with van der Waals surface area (Å²) in [7, 11) is 0. The van der Waals surface area contributed by atoms with Crippen LogP contribution >= 0.6 is 0 Å². The summed E-state index contributed by atoms with van der Waals surface area (Å²) in [6, 6.07) is -0.0133. The molecule has 0 aromatic heterocycles. The van der Waals surface area contributed by atoms with E-state index in [2.05, 4.69) is 0 Å². The molecule has 1 N–H and O–H groups in total. The molecule has 74 valence electrons. The molecule has 0 aliphatic carbocycles. The maximum atomic E-state index is 11.2. The summed E-state index contributed by atoms with van der Waals surface area (Å²) in [5.74, 6) is -1.01. The normalized spacial score (nSPS) is 23.3. The van der Waals surface area contributed by atoms with Crippen molar-refractivity contribution in [1.82, 2.24) is 4.90 Å². The van der Waals surface area contributed by atoms with Gasteiger partial charge >= 0.3 is 5.97 Å². The van der Waals surface area contributed by atoms with Gasteiger partial charge in [-0.25, -0.2) is 0 Å². The van der Waals surface area contributed by atoms with Crippen LogP contribution in [0.2, 0.25) is 0 Å². The number of amides is 1. The predicted octanol–water partition coefficient (Wildman–Crippen LogP) is -0.292. The van der Waals surface area contributed by atoms with Crippen molar-refractivity contribution in [2.45, 2.75) is 19.4 Å². The fourth-order valence-corrected chi connectivity index (χ4v) is 1.30. The lowest BCUT2D eigenvalue weighted by molar-refractivity contribution is -0.148. The fraction of sp³-hybridized carbons (Fsp3) is 0.750. The molecule has 1 rings (SSSR count). The number of carboxylic acid groups (broad SMARTS) is 1. The van der Waals surface area contributed by atoms with Crippen LogP contribution < -0.4 is 0 Å². The maximum absolute atomic E-state index is 11.2. The molecule has 13 heavy (non-hydrogen) atoms. The monoisotopic (exact) mass is 187 g/mol. The van der Waals surface area contributed by atoms with Crippen molar-refractivity contribution in [3.05, 3.63) is 0 Å². The highest BCUT2D eigenvalue weighted by molar-refractivity contribution is 5.79. The Kier molecular flexibility index (Phi) is 3.25. The van der Waals surface area contributed by atoms with Crippen LogP contribution in [0, 0.1) is 0 Å². The lowest BCUT2D eigenvalue weighted by atomic mass is 10.2. The van der Waals surface area contributed by atoms with E-state index in [4.69, 9.17) is 9.84 Å². The summed E-state index contributed by atoms with van der Waals surface area (Å²) in [5.41, 5.74) is 0. The summed E-state index contributed by atoms with van der Waals surface area (Å²) in [5, 5.41) is 8.45. The quantitative estimate of drug-likeness (QED) is 0.659. The van der Waals surface area contributed by atoms with Gasteiger partial charge in [-0.3, -0.25) is 9.59 Å². The Morgan fingerprint density at radius 2 is 2.46 bits per heavy atom. The van der Waals surface area contributed by atoms with Crippen LogP contribution in [-0.2, 0) is 14.3 Å². The number of carbonyl (C=O) groups is 2. The number of ether oxygens (including phenoxy) is 1. The number of hydrogen-bond acceptors (Lipinski definition) is 3. The van der Waals surface area contributed by atoms with E-state index >= 15 is 0 Å². The van der Waals surface area contributed by atoms with Crippen molar-refractivity contribution in [3.63, 3.8) is 0 Å². The average Bonchev–Trinajstić information content (AvgIpc) is 2.03. The van der Waals surface area contributed by atoms with E-state index in [1.54, 1.807) is 4.90 Å². The first-order chi connectivity index (χ1) is 6.11. The first-order valence-corrected chi connectivity index (χ1v) is 4.20. The van der Waals surface area contributed by atoms with Crippen LogP contribution in [0.15, 0.2) is 0 Å². The van der Waals surface area contributed by atoms with Gasteiger partial charge in [-0.15, -0.1) is 0 Å². The van der Waals surface area contributed by atoms with Gasteiger partial charge in [0.1, 0.15) is 6.61 Å². The highest BCUT2D eigenvalue weighted by Gasteiger charge is 2.25. The van der Waals surface area contributed by atoms with Crippen molar-refractivity contribution in [1.29, 1.82) is 0 Å². The molecule has 1 fully saturated rings. The zero-order valence-corrected chi connectivity index (χ0v) is 7.52. The molecule has 1 heterocycles. The summed E-state index contributed by atoms with van der Waals surface area (Å²) >= 11 is 0. The third-order valence-electron chi connectivity index (χ3n) is 2.00. The van der Waals surface area contributed by atoms with E-state index in [0.29, 0.717) is 6.61 Å². The Balaban J connectivity index is 2.44. The van der Waals surface area contributed by atoms with Crippen LogP contribution in [0.5, 0.6) is 0 Å².